The Labute approximate surface area is 243 Å². The van der Waals surface area contributed by atoms with Gasteiger partial charge < -0.3 is 4.74 Å². The zero-order chi connectivity index (χ0) is 28.5. The SMILES string of the molecule is CCCCCC[C@@H](C)[C@H]1CC[C@H]2[C@@H]3CC=C4C[C@@H](OC(=O)Cc5ccccc5C(C)=O)CC[C@]4(C)[C@H]3CC[C@]12C. The van der Waals surface area contributed by atoms with E-state index in [1.807, 2.05) is 18.2 Å². The van der Waals surface area contributed by atoms with Gasteiger partial charge in [0, 0.05) is 12.0 Å². The maximum Gasteiger partial charge on any atom is 0.310 e. The van der Waals surface area contributed by atoms with Crippen LogP contribution in [0.5, 0.6) is 0 Å². The van der Waals surface area contributed by atoms with E-state index in [-0.39, 0.29) is 29.7 Å². The van der Waals surface area contributed by atoms with E-state index in [2.05, 4.69) is 33.8 Å². The van der Waals surface area contributed by atoms with E-state index in [1.165, 1.54) is 64.2 Å². The van der Waals surface area contributed by atoms with Crippen molar-refractivity contribution in [2.75, 3.05) is 0 Å². The normalized spacial score (nSPS) is 35.6. The number of ketones is 1. The molecule has 0 aliphatic heterocycles. The fourth-order valence-corrected chi connectivity index (χ4v) is 10.2. The molecule has 4 aliphatic rings. The molecule has 3 nitrogen and oxygen atoms in total. The van der Waals surface area contributed by atoms with Crippen molar-refractivity contribution >= 4 is 11.8 Å². The lowest BCUT2D eigenvalue weighted by atomic mass is 9.47. The second kappa shape index (κ2) is 12.1. The number of hydrogen-bond donors (Lipinski definition) is 0. The quantitative estimate of drug-likeness (QED) is 0.127. The highest BCUT2D eigenvalue weighted by atomic mass is 16.5. The number of hydrogen-bond acceptors (Lipinski definition) is 3. The zero-order valence-electron chi connectivity index (χ0n) is 26.0. The molecule has 0 unspecified atom stereocenters. The molecule has 0 amide bonds. The molecular weight excluding hydrogens is 492 g/mol. The lowest BCUT2D eigenvalue weighted by Gasteiger charge is -2.58. The van der Waals surface area contributed by atoms with Gasteiger partial charge in [-0.15, -0.1) is 0 Å². The molecule has 0 radical (unpaired) electrons. The smallest absolute Gasteiger partial charge is 0.310 e. The van der Waals surface area contributed by atoms with Crippen LogP contribution < -0.4 is 0 Å². The highest BCUT2D eigenvalue weighted by Crippen LogP contribution is 2.67. The lowest BCUT2D eigenvalue weighted by molar-refractivity contribution is -0.150. The molecule has 1 aromatic rings. The Kier molecular flexibility index (Phi) is 8.98. The first-order valence-corrected chi connectivity index (χ1v) is 16.6. The first kappa shape index (κ1) is 29.6. The molecule has 4 aliphatic carbocycles. The van der Waals surface area contributed by atoms with Crippen molar-refractivity contribution in [3.05, 3.63) is 47.0 Å². The van der Waals surface area contributed by atoms with Crippen molar-refractivity contribution in [2.45, 2.75) is 131 Å². The summed E-state index contributed by atoms with van der Waals surface area (Å²) in [4.78, 5) is 24.9. The van der Waals surface area contributed by atoms with E-state index >= 15 is 0 Å². The molecule has 1 aromatic carbocycles. The monoisotopic (exact) mass is 546 g/mol. The van der Waals surface area contributed by atoms with Gasteiger partial charge in [0.05, 0.1) is 6.42 Å². The van der Waals surface area contributed by atoms with Crippen molar-refractivity contribution in [2.24, 2.45) is 40.4 Å². The van der Waals surface area contributed by atoms with Gasteiger partial charge >= 0.3 is 5.97 Å². The first-order valence-electron chi connectivity index (χ1n) is 16.6. The summed E-state index contributed by atoms with van der Waals surface area (Å²) in [5.74, 6) is 4.04. The van der Waals surface area contributed by atoms with E-state index in [4.69, 9.17) is 4.74 Å². The Morgan fingerprint density at radius 2 is 1.80 bits per heavy atom. The minimum Gasteiger partial charge on any atom is -0.462 e. The van der Waals surface area contributed by atoms with Crippen LogP contribution in [0.4, 0.5) is 0 Å². The van der Waals surface area contributed by atoms with E-state index in [0.29, 0.717) is 11.0 Å². The molecule has 5 rings (SSSR count). The van der Waals surface area contributed by atoms with Gasteiger partial charge in [0.1, 0.15) is 6.10 Å². The van der Waals surface area contributed by atoms with E-state index in [1.54, 1.807) is 18.6 Å². The first-order chi connectivity index (χ1) is 19.2. The second-order valence-corrected chi connectivity index (χ2v) is 14.6. The Bertz CT molecular complexity index is 1100. The summed E-state index contributed by atoms with van der Waals surface area (Å²) in [7, 11) is 0. The number of carbonyl (C=O) groups excluding carboxylic acids is 2. The van der Waals surface area contributed by atoms with Crippen LogP contribution in [0.25, 0.3) is 0 Å². The third-order valence-electron chi connectivity index (χ3n) is 12.4. The summed E-state index contributed by atoms with van der Waals surface area (Å²) in [5.41, 5.74) is 3.75. The summed E-state index contributed by atoms with van der Waals surface area (Å²) in [6, 6.07) is 7.42. The van der Waals surface area contributed by atoms with Crippen LogP contribution in [0.2, 0.25) is 0 Å². The van der Waals surface area contributed by atoms with Gasteiger partial charge in [0.2, 0.25) is 0 Å². The molecule has 220 valence electrons. The van der Waals surface area contributed by atoms with Gasteiger partial charge in [-0.25, -0.2) is 0 Å². The molecule has 8 atom stereocenters. The number of Topliss-reactive ketones (excluding diaryl/α,β-unsaturated/α-hetero) is 1. The molecule has 0 heterocycles. The predicted molar refractivity (Wildman–Crippen MR) is 163 cm³/mol. The van der Waals surface area contributed by atoms with E-state index < -0.39 is 0 Å². The molecule has 0 bridgehead atoms. The standard InChI is InChI=1S/C37H54O3/c1-6-7-8-9-12-25(2)32-17-18-33-31-16-15-28-24-29(19-21-36(28,4)34(31)20-22-37(32,33)5)40-35(39)23-27-13-10-11-14-30(27)26(3)38/h10-11,13-15,25,29,31-34H,6-9,12,16-24H2,1-5H3/t25-,29+,31+,32-,33+,34+,36+,37-/m1/s1. The predicted octanol–water partition coefficient (Wildman–Crippen LogP) is 9.53. The van der Waals surface area contributed by atoms with Gasteiger partial charge in [-0.2, -0.15) is 0 Å². The van der Waals surface area contributed by atoms with Crippen molar-refractivity contribution in [1.29, 1.82) is 0 Å². The van der Waals surface area contributed by atoms with E-state index in [9.17, 15) is 9.59 Å². The summed E-state index contributed by atoms with van der Waals surface area (Å²) >= 11 is 0. The average Bonchev–Trinajstić information content (AvgIpc) is 3.28. The number of benzene rings is 1. The third kappa shape index (κ3) is 5.60. The van der Waals surface area contributed by atoms with E-state index in [0.717, 1.165) is 54.4 Å². The zero-order valence-corrected chi connectivity index (χ0v) is 26.0. The maximum atomic E-state index is 12.9. The van der Waals surface area contributed by atoms with Crippen molar-refractivity contribution < 1.29 is 14.3 Å². The summed E-state index contributed by atoms with van der Waals surface area (Å²) in [6.45, 7) is 11.7. The van der Waals surface area contributed by atoms with Crippen molar-refractivity contribution in [3.63, 3.8) is 0 Å². The molecule has 0 aromatic heterocycles. The molecule has 0 N–H and O–H groups in total. The molecule has 3 saturated carbocycles. The molecule has 40 heavy (non-hydrogen) atoms. The molecule has 0 saturated heterocycles. The van der Waals surface area contributed by atoms with Crippen molar-refractivity contribution in [3.8, 4) is 0 Å². The van der Waals surface area contributed by atoms with Crippen LogP contribution in [0.3, 0.4) is 0 Å². The molecule has 3 heteroatoms. The van der Waals surface area contributed by atoms with Crippen LogP contribution >= 0.6 is 0 Å². The Morgan fingerprint density at radius 1 is 1.00 bits per heavy atom. The summed E-state index contributed by atoms with van der Waals surface area (Å²) in [5, 5.41) is 0. The third-order valence-corrected chi connectivity index (χ3v) is 12.4. The van der Waals surface area contributed by atoms with Crippen LogP contribution in [0, 0.1) is 40.4 Å². The Balaban J connectivity index is 1.22. The highest BCUT2D eigenvalue weighted by molar-refractivity contribution is 5.96. The average molecular weight is 547 g/mol. The van der Waals surface area contributed by atoms with Crippen LogP contribution in [-0.4, -0.2) is 17.9 Å². The summed E-state index contributed by atoms with van der Waals surface area (Å²) < 4.78 is 6.04. The molecular formula is C37H54O3. The van der Waals surface area contributed by atoms with Crippen LogP contribution in [0.15, 0.2) is 35.9 Å². The van der Waals surface area contributed by atoms with Gasteiger partial charge in [-0.3, -0.25) is 9.59 Å². The number of ether oxygens (including phenoxy) is 1. The van der Waals surface area contributed by atoms with Gasteiger partial charge in [-0.05, 0) is 97.9 Å². The van der Waals surface area contributed by atoms with Gasteiger partial charge in [0.15, 0.2) is 5.78 Å². The highest BCUT2D eigenvalue weighted by Gasteiger charge is 2.59. The number of rotatable bonds is 10. The van der Waals surface area contributed by atoms with Crippen molar-refractivity contribution in [1.82, 2.24) is 0 Å². The maximum absolute atomic E-state index is 12.9. The van der Waals surface area contributed by atoms with Crippen LogP contribution in [0.1, 0.15) is 134 Å². The number of carbonyl (C=O) groups is 2. The number of fused-ring (bicyclic) bond motifs is 5. The number of unbranched alkanes of at least 4 members (excludes halogenated alkanes) is 3. The fraction of sp³-hybridized carbons (Fsp3) is 0.730. The largest absolute Gasteiger partial charge is 0.462 e. The minimum absolute atomic E-state index is 0.00246. The minimum atomic E-state index is -0.203. The Morgan fingerprint density at radius 3 is 2.58 bits per heavy atom. The lowest BCUT2D eigenvalue weighted by Crippen LogP contribution is -2.51. The van der Waals surface area contributed by atoms with Gasteiger partial charge in [-0.1, -0.05) is 95.7 Å². The summed E-state index contributed by atoms with van der Waals surface area (Å²) in [6.07, 6.45) is 19.5. The van der Waals surface area contributed by atoms with Crippen LogP contribution in [-0.2, 0) is 16.0 Å². The topological polar surface area (TPSA) is 43.4 Å². The molecule has 3 fully saturated rings. The fourth-order valence-electron chi connectivity index (χ4n) is 10.2. The second-order valence-electron chi connectivity index (χ2n) is 14.6. The van der Waals surface area contributed by atoms with Gasteiger partial charge in [0.25, 0.3) is 0 Å². The number of allylic oxidation sites excluding steroid dienone is 1. The Hall–Kier alpha value is -1.90. The molecule has 0 spiro atoms. The number of esters is 1.